The molecule has 0 bridgehead atoms. The van der Waals surface area contributed by atoms with Crippen LogP contribution in [0.15, 0.2) is 24.3 Å². The van der Waals surface area contributed by atoms with E-state index in [9.17, 15) is 14.4 Å². The van der Waals surface area contributed by atoms with Crippen molar-refractivity contribution in [3.05, 3.63) is 29.8 Å². The van der Waals surface area contributed by atoms with Crippen LogP contribution in [0.5, 0.6) is 5.75 Å². The second kappa shape index (κ2) is 8.50. The Hall–Kier alpha value is -2.57. The van der Waals surface area contributed by atoms with Crippen molar-refractivity contribution < 1.29 is 24.2 Å². The molecular weight excluding hydrogens is 324 g/mol. The molecule has 1 saturated heterocycles. The van der Waals surface area contributed by atoms with Gasteiger partial charge in [0, 0.05) is 31.1 Å². The molecule has 0 aliphatic carbocycles. The number of benzene rings is 1. The summed E-state index contributed by atoms with van der Waals surface area (Å²) < 4.78 is 5.10. The van der Waals surface area contributed by atoms with Crippen molar-refractivity contribution >= 4 is 17.8 Å². The van der Waals surface area contributed by atoms with Crippen molar-refractivity contribution in [2.24, 2.45) is 5.92 Å². The first-order valence-corrected chi connectivity index (χ1v) is 8.44. The van der Waals surface area contributed by atoms with Gasteiger partial charge in [-0.3, -0.25) is 9.59 Å². The molecule has 2 N–H and O–H groups in total. The van der Waals surface area contributed by atoms with Crippen molar-refractivity contribution in [2.45, 2.75) is 32.7 Å². The molecule has 7 heteroatoms. The van der Waals surface area contributed by atoms with Crippen molar-refractivity contribution in [3.8, 4) is 5.75 Å². The number of nitrogens with one attached hydrogen (secondary N) is 1. The summed E-state index contributed by atoms with van der Waals surface area (Å²) in [6, 6.07) is 6.44. The van der Waals surface area contributed by atoms with Crippen molar-refractivity contribution in [2.75, 3.05) is 19.7 Å². The normalized spacial score (nSPS) is 20.0. The second-order valence-electron chi connectivity index (χ2n) is 6.25. The van der Waals surface area contributed by atoms with E-state index in [1.165, 1.54) is 6.07 Å². The van der Waals surface area contributed by atoms with Crippen LogP contribution in [0.25, 0.3) is 0 Å². The Kier molecular flexibility index (Phi) is 6.38. The number of likely N-dealkylation sites (tertiary alicyclic amines) is 1. The number of piperidine rings is 1. The number of carbonyl (C=O) groups excluding carboxylic acids is 2. The first kappa shape index (κ1) is 18.8. The average Bonchev–Trinajstić information content (AvgIpc) is 2.61. The molecule has 7 nitrogen and oxygen atoms in total. The highest BCUT2D eigenvalue weighted by atomic mass is 16.5. The average molecular weight is 348 g/mol. The van der Waals surface area contributed by atoms with E-state index < -0.39 is 12.6 Å². The highest BCUT2D eigenvalue weighted by Crippen LogP contribution is 2.19. The first-order chi connectivity index (χ1) is 11.9. The lowest BCUT2D eigenvalue weighted by Gasteiger charge is -2.37. The van der Waals surface area contributed by atoms with Crippen LogP contribution in [-0.4, -0.2) is 53.5 Å². The smallest absolute Gasteiger partial charge is 0.341 e. The highest BCUT2D eigenvalue weighted by Gasteiger charge is 2.29. The fourth-order valence-corrected chi connectivity index (χ4v) is 2.93. The third-order valence-corrected chi connectivity index (χ3v) is 4.34. The van der Waals surface area contributed by atoms with Crippen molar-refractivity contribution in [3.63, 3.8) is 0 Å². The minimum absolute atomic E-state index is 0.00278. The molecule has 0 radical (unpaired) electrons. The summed E-state index contributed by atoms with van der Waals surface area (Å²) in [4.78, 5) is 36.6. The Morgan fingerprint density at radius 1 is 1.36 bits per heavy atom. The summed E-state index contributed by atoms with van der Waals surface area (Å²) in [7, 11) is 0. The Morgan fingerprint density at radius 3 is 2.76 bits per heavy atom. The van der Waals surface area contributed by atoms with Gasteiger partial charge in [0.05, 0.1) is 0 Å². The van der Waals surface area contributed by atoms with E-state index in [4.69, 9.17) is 9.84 Å². The van der Waals surface area contributed by atoms with Crippen LogP contribution < -0.4 is 10.1 Å². The predicted molar refractivity (Wildman–Crippen MR) is 91.5 cm³/mol. The van der Waals surface area contributed by atoms with Gasteiger partial charge in [-0.05, 0) is 30.5 Å². The first-order valence-electron chi connectivity index (χ1n) is 8.44. The molecule has 0 spiro atoms. The zero-order chi connectivity index (χ0) is 18.4. The zero-order valence-corrected chi connectivity index (χ0v) is 14.5. The van der Waals surface area contributed by atoms with E-state index >= 15 is 0 Å². The van der Waals surface area contributed by atoms with Crippen LogP contribution in [-0.2, 0) is 9.59 Å². The molecule has 25 heavy (non-hydrogen) atoms. The van der Waals surface area contributed by atoms with Gasteiger partial charge in [0.1, 0.15) is 5.75 Å². The lowest BCUT2D eigenvalue weighted by atomic mass is 9.93. The predicted octanol–water partition coefficient (Wildman–Crippen LogP) is 1.53. The summed E-state index contributed by atoms with van der Waals surface area (Å²) in [6.07, 6.45) is 1.21. The van der Waals surface area contributed by atoms with Gasteiger partial charge in [0.25, 0.3) is 5.91 Å². The number of amides is 2. The fourth-order valence-electron chi connectivity index (χ4n) is 2.93. The van der Waals surface area contributed by atoms with E-state index in [0.29, 0.717) is 37.2 Å². The summed E-state index contributed by atoms with van der Waals surface area (Å²) in [5, 5.41) is 11.7. The molecule has 2 amide bonds. The molecule has 1 aromatic rings. The maximum atomic E-state index is 12.5. The molecule has 136 valence electrons. The van der Waals surface area contributed by atoms with Crippen LogP contribution in [0.3, 0.4) is 0 Å². The van der Waals surface area contributed by atoms with Gasteiger partial charge in [0.2, 0.25) is 5.91 Å². The van der Waals surface area contributed by atoms with Crippen LogP contribution in [0.4, 0.5) is 0 Å². The SMILES string of the molecule is CCC(=O)N1CCC(NC(=O)c2cccc(OCC(=O)O)c2)C(C)C1. The number of carboxylic acid groups (broad SMARTS) is 1. The number of hydrogen-bond donors (Lipinski definition) is 2. The Labute approximate surface area is 147 Å². The molecule has 0 saturated carbocycles. The second-order valence-corrected chi connectivity index (χ2v) is 6.25. The van der Waals surface area contributed by atoms with Crippen LogP contribution in [0.1, 0.15) is 37.0 Å². The standard InChI is InChI=1S/C18H24N2O5/c1-3-16(21)20-8-7-15(12(2)10-20)19-18(24)13-5-4-6-14(9-13)25-11-17(22)23/h4-6,9,12,15H,3,7-8,10-11H2,1-2H3,(H,19,24)(H,22,23). The van der Waals surface area contributed by atoms with E-state index in [2.05, 4.69) is 5.32 Å². The van der Waals surface area contributed by atoms with Gasteiger partial charge >= 0.3 is 5.97 Å². The maximum Gasteiger partial charge on any atom is 0.341 e. The Balaban J connectivity index is 1.95. The molecular formula is C18H24N2O5. The third-order valence-electron chi connectivity index (χ3n) is 4.34. The lowest BCUT2D eigenvalue weighted by molar-refractivity contribution is -0.139. The Bertz CT molecular complexity index is 646. The topological polar surface area (TPSA) is 95.9 Å². The van der Waals surface area contributed by atoms with E-state index in [-0.39, 0.29) is 23.8 Å². The molecule has 1 aromatic carbocycles. The maximum absolute atomic E-state index is 12.5. The fraction of sp³-hybridized carbons (Fsp3) is 0.500. The number of aliphatic carboxylic acids is 1. The number of rotatable bonds is 6. The number of carboxylic acids is 1. The summed E-state index contributed by atoms with van der Waals surface area (Å²) in [5.41, 5.74) is 0.419. The quantitative estimate of drug-likeness (QED) is 0.813. The number of ether oxygens (including phenoxy) is 1. The molecule has 1 aliphatic heterocycles. The molecule has 2 atom stereocenters. The minimum Gasteiger partial charge on any atom is -0.482 e. The number of carbonyl (C=O) groups is 3. The Morgan fingerprint density at radius 2 is 2.12 bits per heavy atom. The van der Waals surface area contributed by atoms with Gasteiger partial charge in [-0.2, -0.15) is 0 Å². The molecule has 1 aliphatic rings. The zero-order valence-electron chi connectivity index (χ0n) is 14.5. The lowest BCUT2D eigenvalue weighted by Crippen LogP contribution is -2.51. The molecule has 0 aromatic heterocycles. The van der Waals surface area contributed by atoms with Gasteiger partial charge in [-0.1, -0.05) is 19.9 Å². The van der Waals surface area contributed by atoms with Crippen molar-refractivity contribution in [1.29, 1.82) is 0 Å². The van der Waals surface area contributed by atoms with Gasteiger partial charge < -0.3 is 20.1 Å². The van der Waals surface area contributed by atoms with Crippen LogP contribution in [0, 0.1) is 5.92 Å². The summed E-state index contributed by atoms with van der Waals surface area (Å²) in [6.45, 7) is 4.70. The van der Waals surface area contributed by atoms with E-state index in [1.807, 2.05) is 18.7 Å². The largest absolute Gasteiger partial charge is 0.482 e. The number of nitrogens with zero attached hydrogens (tertiary/aromatic N) is 1. The molecule has 2 rings (SSSR count). The van der Waals surface area contributed by atoms with Gasteiger partial charge in [-0.25, -0.2) is 4.79 Å². The third kappa shape index (κ3) is 5.20. The van der Waals surface area contributed by atoms with Crippen LogP contribution in [0.2, 0.25) is 0 Å². The van der Waals surface area contributed by atoms with E-state index in [1.54, 1.807) is 18.2 Å². The molecule has 1 fully saturated rings. The monoisotopic (exact) mass is 348 g/mol. The molecule has 1 heterocycles. The summed E-state index contributed by atoms with van der Waals surface area (Å²) >= 11 is 0. The number of hydrogen-bond acceptors (Lipinski definition) is 4. The van der Waals surface area contributed by atoms with Crippen molar-refractivity contribution in [1.82, 2.24) is 10.2 Å². The van der Waals surface area contributed by atoms with E-state index in [0.717, 1.165) is 0 Å². The summed E-state index contributed by atoms with van der Waals surface area (Å²) in [5.74, 6) is -0.657. The molecule has 2 unspecified atom stereocenters. The van der Waals surface area contributed by atoms with Gasteiger partial charge in [0.15, 0.2) is 6.61 Å². The minimum atomic E-state index is -1.07. The van der Waals surface area contributed by atoms with Gasteiger partial charge in [-0.15, -0.1) is 0 Å². The highest BCUT2D eigenvalue weighted by molar-refractivity contribution is 5.94. The van der Waals surface area contributed by atoms with Crippen LogP contribution >= 0.6 is 0 Å².